The number of carbonyl (C=O) groups excluding carboxylic acids is 6. The molecule has 0 bridgehead atoms. The summed E-state index contributed by atoms with van der Waals surface area (Å²) < 4.78 is 0. The van der Waals surface area contributed by atoms with Gasteiger partial charge in [0.15, 0.2) is 11.2 Å². The molecule has 2 aromatic heterocycles. The summed E-state index contributed by atoms with van der Waals surface area (Å²) in [5.41, 5.74) is 5.85. The molecule has 340 valence electrons. The van der Waals surface area contributed by atoms with E-state index in [9.17, 15) is 68.1 Å². The van der Waals surface area contributed by atoms with Crippen LogP contribution in [-0.4, -0.2) is 137 Å². The van der Waals surface area contributed by atoms with Gasteiger partial charge in [0, 0.05) is 31.1 Å². The maximum atomic E-state index is 13.2. The summed E-state index contributed by atoms with van der Waals surface area (Å²) in [6, 6.07) is -3.26. The second-order valence-electron chi connectivity index (χ2n) is 13.4. The van der Waals surface area contributed by atoms with Crippen LogP contribution in [0, 0.1) is 12.3 Å². The van der Waals surface area contributed by atoms with E-state index in [0.717, 1.165) is 7.05 Å². The quantitative estimate of drug-likeness (QED) is 0.0381. The number of carbonyl (C=O) groups is 10. The molecule has 0 aliphatic rings. The molecular weight excluding hydrogens is 852 g/mol. The third kappa shape index (κ3) is 15.4. The minimum atomic E-state index is -1.95. The number of benzene rings is 1. The van der Waals surface area contributed by atoms with Crippen molar-refractivity contribution in [3.05, 3.63) is 52.1 Å². The average Bonchev–Trinajstić information content (AvgIpc) is 3.22. The van der Waals surface area contributed by atoms with Crippen molar-refractivity contribution >= 4 is 82.1 Å². The molecule has 0 radical (unpaired) electrons. The number of anilines is 2. The Bertz CT molecular complexity index is 2400. The molecule has 14 N–H and O–H groups in total. The number of aromatic amines is 1. The summed E-state index contributed by atoms with van der Waals surface area (Å²) in [4.78, 5) is 150. The Morgan fingerprint density at radius 2 is 1.27 bits per heavy atom. The molecule has 3 rings (SSSR count). The Labute approximate surface area is 359 Å². The number of nitrogens with two attached hydrogens (primary N) is 1. The zero-order valence-electron chi connectivity index (χ0n) is 33.5. The molecule has 64 heavy (non-hydrogen) atoms. The predicted octanol–water partition coefficient (Wildman–Crippen LogP) is -4.00. The van der Waals surface area contributed by atoms with E-state index in [0.29, 0.717) is 11.4 Å². The highest BCUT2D eigenvalue weighted by molar-refractivity contribution is 5.99. The highest BCUT2D eigenvalue weighted by Crippen LogP contribution is 2.13. The van der Waals surface area contributed by atoms with Crippen LogP contribution in [0.5, 0.6) is 0 Å². The molecule has 0 aliphatic carbocycles. The fourth-order valence-electron chi connectivity index (χ4n) is 5.50. The number of aliphatic carboxylic acids is 4. The van der Waals surface area contributed by atoms with Crippen LogP contribution in [0.2, 0.25) is 0 Å². The second kappa shape index (κ2) is 23.3. The Hall–Kier alpha value is -8.70. The van der Waals surface area contributed by atoms with Crippen molar-refractivity contribution in [3.8, 4) is 12.3 Å². The van der Waals surface area contributed by atoms with Gasteiger partial charge in [0.05, 0.1) is 37.7 Å². The molecule has 0 spiro atoms. The van der Waals surface area contributed by atoms with Crippen LogP contribution in [-0.2, 0) is 49.7 Å². The van der Waals surface area contributed by atoms with Crippen molar-refractivity contribution in [2.75, 3.05) is 18.1 Å². The van der Waals surface area contributed by atoms with Crippen LogP contribution in [0.3, 0.4) is 0 Å². The fourth-order valence-corrected chi connectivity index (χ4v) is 5.50. The number of carboxylic acid groups (broad SMARTS) is 4. The van der Waals surface area contributed by atoms with Gasteiger partial charge in [-0.3, -0.25) is 52.9 Å². The Morgan fingerprint density at radius 3 is 1.80 bits per heavy atom. The van der Waals surface area contributed by atoms with E-state index in [1.54, 1.807) is 0 Å². The van der Waals surface area contributed by atoms with Crippen molar-refractivity contribution in [1.29, 1.82) is 0 Å². The largest absolute Gasteiger partial charge is 0.481 e. The summed E-state index contributed by atoms with van der Waals surface area (Å²) >= 11 is 0. The summed E-state index contributed by atoms with van der Waals surface area (Å²) in [6.45, 7) is 0.105. The predicted molar refractivity (Wildman–Crippen MR) is 216 cm³/mol. The van der Waals surface area contributed by atoms with E-state index in [2.05, 4.69) is 52.4 Å². The molecular formula is C37H42N12O15. The monoisotopic (exact) mass is 894 g/mol. The lowest BCUT2D eigenvalue weighted by Crippen LogP contribution is -2.58. The lowest BCUT2D eigenvalue weighted by atomic mass is 10.1. The van der Waals surface area contributed by atoms with Gasteiger partial charge >= 0.3 is 23.9 Å². The van der Waals surface area contributed by atoms with E-state index in [1.165, 1.54) is 30.5 Å². The van der Waals surface area contributed by atoms with Crippen molar-refractivity contribution in [3.63, 3.8) is 0 Å². The highest BCUT2D eigenvalue weighted by Gasteiger charge is 2.33. The summed E-state index contributed by atoms with van der Waals surface area (Å²) in [6.07, 6.45) is 1.79. The zero-order valence-corrected chi connectivity index (χ0v) is 33.5. The maximum absolute atomic E-state index is 13.2. The first-order valence-corrected chi connectivity index (χ1v) is 18.6. The third-order valence-corrected chi connectivity index (χ3v) is 8.63. The molecule has 2 heterocycles. The van der Waals surface area contributed by atoms with Gasteiger partial charge in [0.1, 0.15) is 30.2 Å². The molecule has 0 saturated carbocycles. The minimum Gasteiger partial charge on any atom is -0.481 e. The van der Waals surface area contributed by atoms with E-state index in [-0.39, 0.29) is 29.2 Å². The van der Waals surface area contributed by atoms with E-state index in [4.69, 9.17) is 17.3 Å². The SMILES string of the molecule is C#CC[C@H](NC(=O)[C@H](CC(=O)O)NC(=O)CC[C@H](NC(=O)c1ccc(NCc2cnc3nc(N)[nH]c(=O)c3n2)cc1)C(=O)O)C(=O)N[C@@H](CC(=O)O)C(=O)N[C@@H](CC(=O)O)C(=O)NC. The average molecular weight is 895 g/mol. The number of amides is 6. The van der Waals surface area contributed by atoms with Gasteiger partial charge in [-0.15, -0.1) is 12.3 Å². The molecule has 27 heteroatoms. The number of carboxylic acids is 4. The first kappa shape index (κ1) is 49.7. The number of hydrogen-bond acceptors (Lipinski definition) is 16. The zero-order chi connectivity index (χ0) is 47.7. The normalized spacial score (nSPS) is 12.9. The molecule has 0 saturated heterocycles. The van der Waals surface area contributed by atoms with Crippen molar-refractivity contribution in [2.24, 2.45) is 0 Å². The van der Waals surface area contributed by atoms with Gasteiger partial charge in [0.25, 0.3) is 11.5 Å². The number of likely N-dealkylation sites (N-methyl/N-ethyl adjacent to an activating group) is 1. The molecule has 0 unspecified atom stereocenters. The standard InChI is InChI=1S/C37H42N12O15/c1-3-4-19(32(59)47-23(13-27(55)56)34(61)46-21(11-25(51)52)31(58)39-2)44-33(60)22(12-26(53)54)43-24(50)10-9-20(36(63)64)45-30(57)16-5-7-17(8-6-16)40-14-18-15-41-29-28(42-18)35(62)49-37(38)48-29/h1,5-8,15,19-23,40H,4,9-14H2,2H3,(H,39,58)(H,43,50)(H,44,60)(H,45,57)(H,46,61)(H,47,59)(H,51,52)(H,53,54)(H,55,56)(H,63,64)(H3,38,41,48,49,62)/t19-,20-,21-,22-,23-/m0/s1. The van der Waals surface area contributed by atoms with Gasteiger partial charge in [0.2, 0.25) is 35.5 Å². The fraction of sp³-hybridized carbons (Fsp3) is 0.351. The number of aromatic nitrogens is 4. The first-order valence-electron chi connectivity index (χ1n) is 18.6. The number of nitrogens with zero attached hydrogens (tertiary/aromatic N) is 3. The molecule has 5 atom stereocenters. The van der Waals surface area contributed by atoms with Crippen LogP contribution in [0.25, 0.3) is 11.2 Å². The third-order valence-electron chi connectivity index (χ3n) is 8.63. The topological polar surface area (TPSA) is 433 Å². The lowest BCUT2D eigenvalue weighted by Gasteiger charge is -2.24. The maximum Gasteiger partial charge on any atom is 0.326 e. The first-order chi connectivity index (χ1) is 30.2. The van der Waals surface area contributed by atoms with E-state index >= 15 is 0 Å². The van der Waals surface area contributed by atoms with Gasteiger partial charge in [-0.1, -0.05) is 0 Å². The van der Waals surface area contributed by atoms with Crippen LogP contribution >= 0.6 is 0 Å². The lowest BCUT2D eigenvalue weighted by molar-refractivity contribution is -0.143. The van der Waals surface area contributed by atoms with Crippen molar-refractivity contribution in [1.82, 2.24) is 51.8 Å². The molecule has 0 fully saturated rings. The highest BCUT2D eigenvalue weighted by atomic mass is 16.4. The molecule has 27 nitrogen and oxygen atoms in total. The van der Waals surface area contributed by atoms with Crippen LogP contribution < -0.4 is 48.5 Å². The van der Waals surface area contributed by atoms with Crippen molar-refractivity contribution in [2.45, 2.75) is 75.3 Å². The van der Waals surface area contributed by atoms with E-state index in [1.807, 2.05) is 10.6 Å². The summed E-state index contributed by atoms with van der Waals surface area (Å²) in [5, 5.41) is 53.3. The van der Waals surface area contributed by atoms with Crippen LogP contribution in [0.4, 0.5) is 11.6 Å². The van der Waals surface area contributed by atoms with Gasteiger partial charge in [-0.25, -0.2) is 14.8 Å². The van der Waals surface area contributed by atoms with Crippen LogP contribution in [0.15, 0.2) is 35.3 Å². The smallest absolute Gasteiger partial charge is 0.326 e. The Kier molecular flexibility index (Phi) is 18.1. The number of terminal acetylenes is 1. The van der Waals surface area contributed by atoms with Crippen molar-refractivity contribution < 1.29 is 68.4 Å². The summed E-state index contributed by atoms with van der Waals surface area (Å²) in [7, 11) is 1.14. The summed E-state index contributed by atoms with van der Waals surface area (Å²) in [5.74, 6) is -11.1. The second-order valence-corrected chi connectivity index (χ2v) is 13.4. The molecule has 0 aliphatic heterocycles. The number of H-pyrrole nitrogens is 1. The Balaban J connectivity index is 1.62. The van der Waals surface area contributed by atoms with Gasteiger partial charge in [-0.2, -0.15) is 4.98 Å². The van der Waals surface area contributed by atoms with Gasteiger partial charge in [-0.05, 0) is 30.7 Å². The number of nitrogen functional groups attached to an aromatic ring is 1. The molecule has 1 aromatic carbocycles. The Morgan fingerprint density at radius 1 is 0.734 bits per heavy atom. The number of fused-ring (bicyclic) bond motifs is 1. The minimum absolute atomic E-state index is 0.0203. The number of rotatable bonds is 24. The number of hydrogen-bond donors (Lipinski definition) is 13. The molecule has 6 amide bonds. The van der Waals surface area contributed by atoms with Gasteiger partial charge < -0.3 is 63.4 Å². The van der Waals surface area contributed by atoms with Crippen LogP contribution in [0.1, 0.15) is 54.6 Å². The number of nitrogens with one attached hydrogen (secondary N) is 8. The van der Waals surface area contributed by atoms with E-state index < -0.39 is 134 Å². The molecule has 3 aromatic rings.